The molecule has 6 rings (SSSR count). The largest absolute Gasteiger partial charge is 0.336 e. The fourth-order valence-electron chi connectivity index (χ4n) is 5.88. The Bertz CT molecular complexity index is 1480. The first-order chi connectivity index (χ1) is 20.2. The molecular formula is C36H34N4O. The Morgan fingerprint density at radius 3 is 1.88 bits per heavy atom. The van der Waals surface area contributed by atoms with Crippen molar-refractivity contribution in [1.82, 2.24) is 19.8 Å². The van der Waals surface area contributed by atoms with Crippen LogP contribution >= 0.6 is 0 Å². The lowest BCUT2D eigenvalue weighted by Crippen LogP contribution is -2.55. The van der Waals surface area contributed by atoms with E-state index < -0.39 is 5.54 Å². The van der Waals surface area contributed by atoms with E-state index in [4.69, 9.17) is 4.98 Å². The molecule has 0 spiro atoms. The minimum Gasteiger partial charge on any atom is -0.336 e. The molecule has 0 bridgehead atoms. The second-order valence-corrected chi connectivity index (χ2v) is 10.4. The molecule has 4 aromatic carbocycles. The summed E-state index contributed by atoms with van der Waals surface area (Å²) in [6, 6.07) is 41.7. The molecule has 1 amide bonds. The van der Waals surface area contributed by atoms with Gasteiger partial charge in [-0.1, -0.05) is 127 Å². The number of imidazole rings is 1. The maximum absolute atomic E-state index is 13.2. The number of carbonyl (C=O) groups excluding carboxylic acids is 1. The van der Waals surface area contributed by atoms with Gasteiger partial charge >= 0.3 is 0 Å². The van der Waals surface area contributed by atoms with Crippen molar-refractivity contribution in [2.24, 2.45) is 0 Å². The van der Waals surface area contributed by atoms with Crippen LogP contribution in [-0.4, -0.2) is 46.0 Å². The number of piperazine rings is 1. The SMILES string of the molecule is O=C1[C@H](Cc2ccccc2)NCCN1C/C=C/c1cn(C(c2ccccc2)(c2ccccc2)c2ccccc2)cn1. The number of nitrogens with one attached hydrogen (secondary N) is 1. The van der Waals surface area contributed by atoms with E-state index in [1.165, 1.54) is 5.56 Å². The van der Waals surface area contributed by atoms with Gasteiger partial charge in [0.2, 0.25) is 5.91 Å². The highest BCUT2D eigenvalue weighted by atomic mass is 16.2. The fourth-order valence-corrected chi connectivity index (χ4v) is 5.88. The zero-order valence-corrected chi connectivity index (χ0v) is 23.0. The summed E-state index contributed by atoms with van der Waals surface area (Å²) in [7, 11) is 0. The lowest BCUT2D eigenvalue weighted by molar-refractivity contribution is -0.135. The molecule has 0 unspecified atom stereocenters. The van der Waals surface area contributed by atoms with Gasteiger partial charge in [-0.25, -0.2) is 4.98 Å². The smallest absolute Gasteiger partial charge is 0.240 e. The first-order valence-electron chi connectivity index (χ1n) is 14.2. The molecule has 204 valence electrons. The molecule has 41 heavy (non-hydrogen) atoms. The molecular weight excluding hydrogens is 504 g/mol. The number of hydrogen-bond acceptors (Lipinski definition) is 3. The highest BCUT2D eigenvalue weighted by molar-refractivity contribution is 5.83. The van der Waals surface area contributed by atoms with E-state index in [0.29, 0.717) is 19.5 Å². The van der Waals surface area contributed by atoms with Crippen molar-refractivity contribution in [2.75, 3.05) is 19.6 Å². The highest BCUT2D eigenvalue weighted by Gasteiger charge is 2.38. The molecule has 1 saturated heterocycles. The number of aromatic nitrogens is 2. The van der Waals surface area contributed by atoms with Crippen LogP contribution in [0.15, 0.2) is 140 Å². The molecule has 1 atom stereocenters. The molecule has 1 aromatic heterocycles. The topological polar surface area (TPSA) is 50.2 Å². The van der Waals surface area contributed by atoms with Crippen LogP contribution in [0.3, 0.4) is 0 Å². The molecule has 0 radical (unpaired) electrons. The first-order valence-corrected chi connectivity index (χ1v) is 14.2. The van der Waals surface area contributed by atoms with Crippen LogP contribution in [-0.2, 0) is 16.8 Å². The molecule has 5 nitrogen and oxygen atoms in total. The molecule has 5 aromatic rings. The zero-order chi connectivity index (χ0) is 27.9. The Labute approximate surface area is 241 Å². The van der Waals surface area contributed by atoms with Gasteiger partial charge in [0.15, 0.2) is 0 Å². The minimum absolute atomic E-state index is 0.145. The molecule has 1 N–H and O–H groups in total. The predicted octanol–water partition coefficient (Wildman–Crippen LogP) is 5.78. The third-order valence-corrected chi connectivity index (χ3v) is 7.84. The van der Waals surface area contributed by atoms with Crippen LogP contribution in [0.4, 0.5) is 0 Å². The maximum atomic E-state index is 13.2. The van der Waals surface area contributed by atoms with Gasteiger partial charge in [-0.15, -0.1) is 0 Å². The van der Waals surface area contributed by atoms with Gasteiger partial charge in [0.05, 0.1) is 18.1 Å². The van der Waals surface area contributed by atoms with E-state index in [-0.39, 0.29) is 11.9 Å². The third kappa shape index (κ3) is 5.49. The van der Waals surface area contributed by atoms with Crippen molar-refractivity contribution in [1.29, 1.82) is 0 Å². The van der Waals surface area contributed by atoms with E-state index in [0.717, 1.165) is 28.9 Å². The Kier molecular flexibility index (Phi) is 7.88. The maximum Gasteiger partial charge on any atom is 0.240 e. The molecule has 0 saturated carbocycles. The Hall–Kier alpha value is -4.74. The van der Waals surface area contributed by atoms with Gasteiger partial charge in [-0.2, -0.15) is 0 Å². The molecule has 5 heteroatoms. The van der Waals surface area contributed by atoms with Gasteiger partial charge in [0, 0.05) is 25.8 Å². The van der Waals surface area contributed by atoms with Gasteiger partial charge in [-0.3, -0.25) is 4.79 Å². The zero-order valence-electron chi connectivity index (χ0n) is 23.0. The summed E-state index contributed by atoms with van der Waals surface area (Å²) in [6.45, 7) is 2.04. The van der Waals surface area contributed by atoms with Crippen molar-refractivity contribution in [3.63, 3.8) is 0 Å². The molecule has 1 fully saturated rings. The number of carbonyl (C=O) groups is 1. The van der Waals surface area contributed by atoms with E-state index in [1.54, 1.807) is 0 Å². The number of nitrogens with zero attached hydrogens (tertiary/aromatic N) is 3. The van der Waals surface area contributed by atoms with E-state index in [2.05, 4.69) is 101 Å². The molecule has 1 aliphatic heterocycles. The Morgan fingerprint density at radius 1 is 0.780 bits per heavy atom. The Morgan fingerprint density at radius 2 is 1.32 bits per heavy atom. The van der Waals surface area contributed by atoms with E-state index >= 15 is 0 Å². The summed E-state index contributed by atoms with van der Waals surface area (Å²) >= 11 is 0. The normalized spacial score (nSPS) is 15.9. The standard InChI is InChI=1S/C36H34N4O/c41-35-34(26-29-14-5-1-6-15-29)37-23-25-39(35)24-13-22-33-27-40(28-38-33)36(30-16-7-2-8-17-30,31-18-9-3-10-19-31)32-20-11-4-12-21-32/h1-22,27-28,34,37H,23-26H2/b22-13+/t34-/m0/s1. The molecule has 2 heterocycles. The average molecular weight is 539 g/mol. The first kappa shape index (κ1) is 26.5. The van der Waals surface area contributed by atoms with Crippen LogP contribution < -0.4 is 5.32 Å². The fraction of sp³-hybridized carbons (Fsp3) is 0.167. The average Bonchev–Trinajstić information content (AvgIpc) is 3.50. The lowest BCUT2D eigenvalue weighted by Gasteiger charge is -2.37. The number of hydrogen-bond donors (Lipinski definition) is 1. The van der Waals surface area contributed by atoms with Crippen molar-refractivity contribution in [3.8, 4) is 0 Å². The van der Waals surface area contributed by atoms with Gasteiger partial charge < -0.3 is 14.8 Å². The van der Waals surface area contributed by atoms with Crippen molar-refractivity contribution in [3.05, 3.63) is 168 Å². The van der Waals surface area contributed by atoms with Gasteiger partial charge in [0.25, 0.3) is 0 Å². The molecule has 0 aliphatic carbocycles. The monoisotopic (exact) mass is 538 g/mol. The van der Waals surface area contributed by atoms with E-state index in [1.807, 2.05) is 59.8 Å². The summed E-state index contributed by atoms with van der Waals surface area (Å²) in [5.74, 6) is 0.145. The van der Waals surface area contributed by atoms with Gasteiger partial charge in [-0.05, 0) is 34.8 Å². The van der Waals surface area contributed by atoms with Crippen molar-refractivity contribution >= 4 is 12.0 Å². The van der Waals surface area contributed by atoms with Crippen LogP contribution in [0.1, 0.15) is 27.9 Å². The summed E-state index contributed by atoms with van der Waals surface area (Å²) in [6.07, 6.45) is 8.78. The predicted molar refractivity (Wildman–Crippen MR) is 164 cm³/mol. The second kappa shape index (κ2) is 12.2. The van der Waals surface area contributed by atoms with Crippen LogP contribution in [0, 0.1) is 0 Å². The van der Waals surface area contributed by atoms with Gasteiger partial charge in [0.1, 0.15) is 5.54 Å². The summed E-state index contributed by atoms with van der Waals surface area (Å²) in [4.78, 5) is 19.9. The Balaban J connectivity index is 1.27. The quantitative estimate of drug-likeness (QED) is 0.242. The third-order valence-electron chi connectivity index (χ3n) is 7.84. The van der Waals surface area contributed by atoms with Crippen LogP contribution in [0.5, 0.6) is 0 Å². The summed E-state index contributed by atoms with van der Waals surface area (Å²) < 4.78 is 2.21. The summed E-state index contributed by atoms with van der Waals surface area (Å²) in [5, 5.41) is 3.39. The van der Waals surface area contributed by atoms with Crippen molar-refractivity contribution < 1.29 is 4.79 Å². The summed E-state index contributed by atoms with van der Waals surface area (Å²) in [5.41, 5.74) is 4.88. The lowest BCUT2D eigenvalue weighted by atomic mass is 9.77. The number of benzene rings is 4. The van der Waals surface area contributed by atoms with Crippen LogP contribution in [0.25, 0.3) is 6.08 Å². The number of rotatable bonds is 9. The second-order valence-electron chi connectivity index (χ2n) is 10.4. The highest BCUT2D eigenvalue weighted by Crippen LogP contribution is 2.40. The van der Waals surface area contributed by atoms with Crippen molar-refractivity contribution in [2.45, 2.75) is 18.0 Å². The minimum atomic E-state index is -0.595. The molecule has 1 aliphatic rings. The van der Waals surface area contributed by atoms with Crippen LogP contribution in [0.2, 0.25) is 0 Å². The van der Waals surface area contributed by atoms with E-state index in [9.17, 15) is 4.79 Å². The number of amides is 1.